The number of benzene rings is 3. The Kier molecular flexibility index (Phi) is 5.42. The van der Waals surface area contributed by atoms with Gasteiger partial charge in [0.25, 0.3) is 11.7 Å². The third-order valence-corrected chi connectivity index (χ3v) is 6.23. The van der Waals surface area contributed by atoms with E-state index in [0.717, 1.165) is 27.6 Å². The summed E-state index contributed by atoms with van der Waals surface area (Å²) in [6.07, 6.45) is 1.67. The van der Waals surface area contributed by atoms with Crippen LogP contribution in [-0.2, 0) is 16.1 Å². The molecule has 1 aliphatic heterocycles. The molecule has 1 aliphatic rings. The molecule has 0 aliphatic carbocycles. The molecule has 170 valence electrons. The number of methoxy groups -OCH3 is 1. The number of Topliss-reactive ketones (excluding diaryl/α,β-unsaturated/α-hetero) is 1. The Hall–Kier alpha value is -4.32. The van der Waals surface area contributed by atoms with Crippen LogP contribution in [0.4, 0.5) is 0 Å². The molecule has 4 aromatic rings. The van der Waals surface area contributed by atoms with Crippen LogP contribution in [0.3, 0.4) is 0 Å². The summed E-state index contributed by atoms with van der Waals surface area (Å²) in [7, 11) is 1.58. The molecule has 6 heteroatoms. The Bertz CT molecular complexity index is 1450. The number of aliphatic hydroxyl groups is 1. The molecule has 5 rings (SSSR count). The predicted octanol–water partition coefficient (Wildman–Crippen LogP) is 5.11. The van der Waals surface area contributed by atoms with Gasteiger partial charge in [0.2, 0.25) is 0 Å². The average Bonchev–Trinajstić information content (AvgIpc) is 3.39. The summed E-state index contributed by atoms with van der Waals surface area (Å²) < 4.78 is 5.32. The molecular formula is C28H24N2O4. The van der Waals surface area contributed by atoms with E-state index in [1.165, 1.54) is 4.90 Å². The Morgan fingerprint density at radius 3 is 2.62 bits per heavy atom. The molecule has 3 aromatic carbocycles. The normalized spacial score (nSPS) is 17.5. The molecule has 0 bridgehead atoms. The lowest BCUT2D eigenvalue weighted by molar-refractivity contribution is -0.140. The summed E-state index contributed by atoms with van der Waals surface area (Å²) >= 11 is 0. The molecule has 1 unspecified atom stereocenters. The summed E-state index contributed by atoms with van der Waals surface area (Å²) in [6.45, 7) is 2.16. The van der Waals surface area contributed by atoms with Crippen molar-refractivity contribution in [2.45, 2.75) is 19.5 Å². The van der Waals surface area contributed by atoms with Crippen molar-refractivity contribution in [3.63, 3.8) is 0 Å². The van der Waals surface area contributed by atoms with Crippen LogP contribution in [0.2, 0.25) is 0 Å². The fraction of sp³-hybridized carbons (Fsp3) is 0.143. The van der Waals surface area contributed by atoms with Crippen LogP contribution >= 0.6 is 0 Å². The maximum absolute atomic E-state index is 13.3. The molecule has 0 radical (unpaired) electrons. The van der Waals surface area contributed by atoms with Crippen molar-refractivity contribution < 1.29 is 19.4 Å². The molecular weight excluding hydrogens is 428 g/mol. The number of hydrogen-bond acceptors (Lipinski definition) is 4. The Balaban J connectivity index is 1.68. The molecule has 1 atom stereocenters. The number of nitrogens with zero attached hydrogens (tertiary/aromatic N) is 1. The van der Waals surface area contributed by atoms with Crippen molar-refractivity contribution in [1.82, 2.24) is 9.88 Å². The standard InChI is InChI=1S/C28H24N2O4/c1-17-7-5-9-19(13-17)25-24(26(31)22-15-29-23-12-4-3-11-21(22)23)27(32)28(33)30(25)16-18-8-6-10-20(14-18)34-2/h3-15,25,29,31H,16H2,1-2H3/b26-24-. The van der Waals surface area contributed by atoms with E-state index in [2.05, 4.69) is 4.98 Å². The van der Waals surface area contributed by atoms with Crippen LogP contribution in [-0.4, -0.2) is 33.8 Å². The second-order valence-electron chi connectivity index (χ2n) is 8.44. The van der Waals surface area contributed by atoms with Crippen LogP contribution in [0.25, 0.3) is 16.7 Å². The number of carbonyl (C=O) groups is 2. The van der Waals surface area contributed by atoms with E-state index in [-0.39, 0.29) is 17.9 Å². The van der Waals surface area contributed by atoms with Crippen molar-refractivity contribution in [2.24, 2.45) is 0 Å². The van der Waals surface area contributed by atoms with Gasteiger partial charge in [-0.1, -0.05) is 60.2 Å². The van der Waals surface area contributed by atoms with Gasteiger partial charge in [-0.15, -0.1) is 0 Å². The molecule has 2 N–H and O–H groups in total. The molecule has 1 saturated heterocycles. The van der Waals surface area contributed by atoms with Gasteiger partial charge in [0, 0.05) is 29.2 Å². The molecule has 1 amide bonds. The number of amides is 1. The highest BCUT2D eigenvalue weighted by Crippen LogP contribution is 2.41. The first-order chi connectivity index (χ1) is 16.5. The van der Waals surface area contributed by atoms with Gasteiger partial charge in [-0.3, -0.25) is 9.59 Å². The Morgan fingerprint density at radius 2 is 1.82 bits per heavy atom. The summed E-state index contributed by atoms with van der Waals surface area (Å²) in [6, 6.07) is 21.9. The highest BCUT2D eigenvalue weighted by Gasteiger charge is 2.46. The molecule has 1 aromatic heterocycles. The van der Waals surface area contributed by atoms with Crippen molar-refractivity contribution in [3.05, 3.63) is 107 Å². The summed E-state index contributed by atoms with van der Waals surface area (Å²) in [5.41, 5.74) is 4.00. The van der Waals surface area contributed by atoms with E-state index in [0.29, 0.717) is 11.3 Å². The molecule has 0 spiro atoms. The monoisotopic (exact) mass is 452 g/mol. The minimum absolute atomic E-state index is 0.0863. The van der Waals surface area contributed by atoms with Crippen molar-refractivity contribution in [2.75, 3.05) is 7.11 Å². The maximum atomic E-state index is 13.3. The SMILES string of the molecule is COc1cccc(CN2C(=O)C(=O)/C(=C(\O)c3c[nH]c4ccccc34)C2c2cccc(C)c2)c1. The van der Waals surface area contributed by atoms with Crippen LogP contribution in [0.15, 0.2) is 84.6 Å². The second kappa shape index (κ2) is 8.56. The maximum Gasteiger partial charge on any atom is 0.295 e. The third-order valence-electron chi connectivity index (χ3n) is 6.23. The van der Waals surface area contributed by atoms with Gasteiger partial charge in [0.1, 0.15) is 11.5 Å². The Labute approximate surface area is 197 Å². The fourth-order valence-corrected chi connectivity index (χ4v) is 4.61. The topological polar surface area (TPSA) is 82.6 Å². The second-order valence-corrected chi connectivity index (χ2v) is 8.44. The zero-order valence-electron chi connectivity index (χ0n) is 18.9. The number of rotatable bonds is 5. The lowest BCUT2D eigenvalue weighted by atomic mass is 9.94. The molecule has 6 nitrogen and oxygen atoms in total. The molecule has 0 saturated carbocycles. The van der Waals surface area contributed by atoms with Gasteiger partial charge in [0.05, 0.1) is 18.7 Å². The third kappa shape index (κ3) is 3.63. The number of nitrogens with one attached hydrogen (secondary N) is 1. The number of carbonyl (C=O) groups excluding carboxylic acids is 2. The highest BCUT2D eigenvalue weighted by atomic mass is 16.5. The number of aryl methyl sites for hydroxylation is 1. The minimum Gasteiger partial charge on any atom is -0.507 e. The lowest BCUT2D eigenvalue weighted by Crippen LogP contribution is -2.29. The molecule has 2 heterocycles. The highest BCUT2D eigenvalue weighted by molar-refractivity contribution is 6.46. The van der Waals surface area contributed by atoms with Gasteiger partial charge < -0.3 is 19.7 Å². The van der Waals surface area contributed by atoms with E-state index in [1.54, 1.807) is 13.3 Å². The average molecular weight is 453 g/mol. The number of likely N-dealkylation sites (tertiary alicyclic amines) is 1. The van der Waals surface area contributed by atoms with Gasteiger partial charge in [0.15, 0.2) is 0 Å². The van der Waals surface area contributed by atoms with Crippen LogP contribution in [0.1, 0.15) is 28.3 Å². The van der Waals surface area contributed by atoms with Gasteiger partial charge in [-0.2, -0.15) is 0 Å². The first kappa shape index (κ1) is 21.5. The Morgan fingerprint density at radius 1 is 1.03 bits per heavy atom. The minimum atomic E-state index is -0.722. The van der Waals surface area contributed by atoms with E-state index in [1.807, 2.05) is 79.7 Å². The fourth-order valence-electron chi connectivity index (χ4n) is 4.61. The number of aromatic amines is 1. The van der Waals surface area contributed by atoms with E-state index >= 15 is 0 Å². The van der Waals surface area contributed by atoms with Crippen molar-refractivity contribution in [3.8, 4) is 5.75 Å². The number of aromatic nitrogens is 1. The zero-order valence-corrected chi connectivity index (χ0v) is 18.9. The number of para-hydroxylation sites is 1. The van der Waals surface area contributed by atoms with Crippen molar-refractivity contribution >= 4 is 28.4 Å². The zero-order chi connectivity index (χ0) is 23.8. The van der Waals surface area contributed by atoms with Gasteiger partial charge >= 0.3 is 0 Å². The number of hydrogen-bond donors (Lipinski definition) is 2. The van der Waals surface area contributed by atoms with Gasteiger partial charge in [-0.05, 0) is 36.2 Å². The summed E-state index contributed by atoms with van der Waals surface area (Å²) in [5.74, 6) is -0.858. The first-order valence-corrected chi connectivity index (χ1v) is 11.0. The van der Waals surface area contributed by atoms with Crippen LogP contribution < -0.4 is 4.74 Å². The number of aliphatic hydroxyl groups excluding tert-OH is 1. The van der Waals surface area contributed by atoms with Crippen LogP contribution in [0, 0.1) is 6.92 Å². The number of fused-ring (bicyclic) bond motifs is 1. The predicted molar refractivity (Wildman–Crippen MR) is 130 cm³/mol. The molecule has 34 heavy (non-hydrogen) atoms. The van der Waals surface area contributed by atoms with E-state index < -0.39 is 17.7 Å². The largest absolute Gasteiger partial charge is 0.507 e. The quantitative estimate of drug-likeness (QED) is 0.251. The van der Waals surface area contributed by atoms with Crippen molar-refractivity contribution in [1.29, 1.82) is 0 Å². The van der Waals surface area contributed by atoms with Gasteiger partial charge in [-0.25, -0.2) is 0 Å². The molecule has 1 fully saturated rings. The van der Waals surface area contributed by atoms with E-state index in [4.69, 9.17) is 4.74 Å². The summed E-state index contributed by atoms with van der Waals surface area (Å²) in [5, 5.41) is 12.2. The van der Waals surface area contributed by atoms with Crippen LogP contribution in [0.5, 0.6) is 5.75 Å². The lowest BCUT2D eigenvalue weighted by Gasteiger charge is -2.26. The summed E-state index contributed by atoms with van der Waals surface area (Å²) in [4.78, 5) is 31.2. The number of ether oxygens (including phenoxy) is 1. The first-order valence-electron chi connectivity index (χ1n) is 11.0. The number of H-pyrrole nitrogens is 1. The van der Waals surface area contributed by atoms with E-state index in [9.17, 15) is 14.7 Å². The number of ketones is 1. The smallest absolute Gasteiger partial charge is 0.295 e.